The lowest BCUT2D eigenvalue weighted by atomic mass is 9.64. The molecule has 3 rings (SSSR count). The lowest BCUT2D eigenvalue weighted by Crippen LogP contribution is -2.52. The standard InChI is InChI=1S/C19H16Br2O4/c1-3-10-4-7-13-18(24)14(20)9-16(23)19(13,21)17(10)12-6-5-11(25-2)8-15(12)22/h3-6,8-9,13,17,22H,1,7H2,2H3/t13-,17+,19+/m0/s1. The van der Waals surface area contributed by atoms with Crippen LogP contribution in [0.2, 0.25) is 0 Å². The number of methoxy groups -OCH3 is 1. The molecule has 2 aliphatic carbocycles. The van der Waals surface area contributed by atoms with E-state index in [1.54, 1.807) is 18.2 Å². The molecule has 25 heavy (non-hydrogen) atoms. The fourth-order valence-electron chi connectivity index (χ4n) is 3.56. The molecule has 0 saturated carbocycles. The average Bonchev–Trinajstić information content (AvgIpc) is 2.59. The van der Waals surface area contributed by atoms with E-state index >= 15 is 0 Å². The van der Waals surface area contributed by atoms with Gasteiger partial charge in [0.2, 0.25) is 0 Å². The Hall–Kier alpha value is -1.66. The molecule has 6 heteroatoms. The van der Waals surface area contributed by atoms with Gasteiger partial charge in [0.1, 0.15) is 15.8 Å². The quantitative estimate of drug-likeness (QED) is 0.677. The molecule has 0 unspecified atom stereocenters. The van der Waals surface area contributed by atoms with Gasteiger partial charge in [0.15, 0.2) is 11.6 Å². The fourth-order valence-corrected chi connectivity index (χ4v) is 5.07. The van der Waals surface area contributed by atoms with E-state index in [9.17, 15) is 14.7 Å². The van der Waals surface area contributed by atoms with Crippen molar-refractivity contribution in [3.05, 3.63) is 58.6 Å². The maximum atomic E-state index is 12.9. The average molecular weight is 468 g/mol. The molecule has 2 aliphatic rings. The van der Waals surface area contributed by atoms with Gasteiger partial charge in [-0.15, -0.1) is 0 Å². The second-order valence-electron chi connectivity index (χ2n) is 6.04. The number of Topliss-reactive ketones (excluding diaryl/α,β-unsaturated/α-hetero) is 1. The van der Waals surface area contributed by atoms with Crippen molar-refractivity contribution in [2.24, 2.45) is 5.92 Å². The van der Waals surface area contributed by atoms with Crippen LogP contribution in [0.25, 0.3) is 0 Å². The van der Waals surface area contributed by atoms with Crippen molar-refractivity contribution in [3.63, 3.8) is 0 Å². The van der Waals surface area contributed by atoms with Crippen LogP contribution in [-0.2, 0) is 9.59 Å². The van der Waals surface area contributed by atoms with Gasteiger partial charge in [0.05, 0.1) is 17.5 Å². The molecular weight excluding hydrogens is 452 g/mol. The summed E-state index contributed by atoms with van der Waals surface area (Å²) in [5, 5.41) is 10.5. The molecule has 0 aromatic heterocycles. The largest absolute Gasteiger partial charge is 0.508 e. The lowest BCUT2D eigenvalue weighted by molar-refractivity contribution is -0.127. The summed E-state index contributed by atoms with van der Waals surface area (Å²) in [5.41, 5.74) is 1.34. The SMILES string of the molecule is C=CC1=CC[C@H]2C(=O)C(Br)=CC(=O)[C@@]2(Br)[C@H]1c1ccc(OC)cc1O. The molecule has 0 heterocycles. The van der Waals surface area contributed by atoms with Crippen LogP contribution >= 0.6 is 31.9 Å². The topological polar surface area (TPSA) is 63.6 Å². The molecule has 0 saturated heterocycles. The minimum Gasteiger partial charge on any atom is -0.508 e. The van der Waals surface area contributed by atoms with Crippen LogP contribution in [0.1, 0.15) is 17.9 Å². The number of aromatic hydroxyl groups is 1. The van der Waals surface area contributed by atoms with Crippen molar-refractivity contribution in [3.8, 4) is 11.5 Å². The van der Waals surface area contributed by atoms with Crippen molar-refractivity contribution in [1.29, 1.82) is 0 Å². The molecule has 130 valence electrons. The van der Waals surface area contributed by atoms with E-state index in [0.29, 0.717) is 17.7 Å². The maximum absolute atomic E-state index is 12.9. The Morgan fingerprint density at radius 2 is 2.12 bits per heavy atom. The van der Waals surface area contributed by atoms with E-state index in [1.165, 1.54) is 19.3 Å². The number of phenolic OH excluding ortho intramolecular Hbond substituents is 1. The van der Waals surface area contributed by atoms with Crippen LogP contribution in [0.5, 0.6) is 11.5 Å². The zero-order chi connectivity index (χ0) is 18.4. The molecule has 0 bridgehead atoms. The Morgan fingerprint density at radius 1 is 1.40 bits per heavy atom. The Kier molecular flexibility index (Phi) is 4.77. The number of ketones is 2. The number of ether oxygens (including phenoxy) is 1. The summed E-state index contributed by atoms with van der Waals surface area (Å²) in [6.07, 6.45) is 5.31. The molecule has 3 atom stereocenters. The number of carbonyl (C=O) groups is 2. The molecule has 1 aromatic rings. The number of phenols is 1. The van der Waals surface area contributed by atoms with Gasteiger partial charge in [-0.3, -0.25) is 9.59 Å². The number of carbonyl (C=O) groups excluding carboxylic acids is 2. The monoisotopic (exact) mass is 466 g/mol. The number of hydrogen-bond acceptors (Lipinski definition) is 4. The van der Waals surface area contributed by atoms with Gasteiger partial charge in [0.25, 0.3) is 0 Å². The Labute approximate surface area is 162 Å². The molecule has 0 aliphatic heterocycles. The van der Waals surface area contributed by atoms with Crippen LogP contribution in [0.4, 0.5) is 0 Å². The summed E-state index contributed by atoms with van der Waals surface area (Å²) in [6, 6.07) is 4.93. The molecule has 0 radical (unpaired) electrons. The number of rotatable bonds is 3. The minimum atomic E-state index is -1.16. The second kappa shape index (κ2) is 6.57. The van der Waals surface area contributed by atoms with Gasteiger partial charge in [-0.25, -0.2) is 0 Å². The zero-order valence-corrected chi connectivity index (χ0v) is 16.6. The number of hydrogen-bond donors (Lipinski definition) is 1. The van der Waals surface area contributed by atoms with E-state index in [1.807, 2.05) is 6.08 Å². The third-order valence-corrected chi connectivity index (χ3v) is 6.84. The number of fused-ring (bicyclic) bond motifs is 1. The Bertz CT molecular complexity index is 840. The predicted molar refractivity (Wildman–Crippen MR) is 102 cm³/mol. The lowest BCUT2D eigenvalue weighted by Gasteiger charge is -2.45. The Balaban J connectivity index is 2.23. The highest BCUT2D eigenvalue weighted by Gasteiger charge is 2.57. The molecule has 0 fully saturated rings. The molecule has 0 amide bonds. The van der Waals surface area contributed by atoms with Crippen LogP contribution < -0.4 is 4.74 Å². The van der Waals surface area contributed by atoms with E-state index in [4.69, 9.17) is 4.74 Å². The van der Waals surface area contributed by atoms with Crippen molar-refractivity contribution < 1.29 is 19.4 Å². The Morgan fingerprint density at radius 3 is 2.72 bits per heavy atom. The molecule has 4 nitrogen and oxygen atoms in total. The predicted octanol–water partition coefficient (Wildman–Crippen LogP) is 4.18. The summed E-state index contributed by atoms with van der Waals surface area (Å²) in [6.45, 7) is 3.83. The van der Waals surface area contributed by atoms with Crippen molar-refractivity contribution in [2.45, 2.75) is 16.7 Å². The minimum absolute atomic E-state index is 0.00504. The van der Waals surface area contributed by atoms with E-state index in [2.05, 4.69) is 38.4 Å². The van der Waals surface area contributed by atoms with E-state index < -0.39 is 16.2 Å². The molecule has 1 N–H and O–H groups in total. The third kappa shape index (κ3) is 2.72. The zero-order valence-electron chi connectivity index (χ0n) is 13.5. The van der Waals surface area contributed by atoms with Gasteiger partial charge in [0, 0.05) is 23.6 Å². The third-order valence-electron chi connectivity index (χ3n) is 4.82. The summed E-state index contributed by atoms with van der Waals surface area (Å²) in [7, 11) is 1.51. The number of benzene rings is 1. The first kappa shape index (κ1) is 18.1. The van der Waals surface area contributed by atoms with Gasteiger partial charge in [-0.1, -0.05) is 40.7 Å². The van der Waals surface area contributed by atoms with Gasteiger partial charge in [-0.05, 0) is 34.0 Å². The van der Waals surface area contributed by atoms with Crippen LogP contribution in [-0.4, -0.2) is 28.1 Å². The van der Waals surface area contributed by atoms with Crippen molar-refractivity contribution >= 4 is 43.4 Å². The van der Waals surface area contributed by atoms with Crippen molar-refractivity contribution in [1.82, 2.24) is 0 Å². The summed E-state index contributed by atoms with van der Waals surface area (Å²) >= 11 is 6.78. The molecule has 0 spiro atoms. The highest BCUT2D eigenvalue weighted by molar-refractivity contribution is 9.12. The van der Waals surface area contributed by atoms with E-state index in [0.717, 1.165) is 5.57 Å². The number of alkyl halides is 1. The summed E-state index contributed by atoms with van der Waals surface area (Å²) in [4.78, 5) is 25.5. The smallest absolute Gasteiger partial charge is 0.175 e. The highest BCUT2D eigenvalue weighted by Crippen LogP contribution is 2.55. The first-order valence-corrected chi connectivity index (χ1v) is 9.27. The van der Waals surface area contributed by atoms with Gasteiger partial charge >= 0.3 is 0 Å². The maximum Gasteiger partial charge on any atom is 0.175 e. The second-order valence-corrected chi connectivity index (χ2v) is 8.21. The van der Waals surface area contributed by atoms with Crippen LogP contribution in [0.15, 0.2) is 53.1 Å². The number of allylic oxidation sites excluding steroid dienone is 5. The first-order chi connectivity index (χ1) is 11.8. The normalized spacial score (nSPS) is 28.8. The molecule has 1 aromatic carbocycles. The van der Waals surface area contributed by atoms with Crippen molar-refractivity contribution in [2.75, 3.05) is 7.11 Å². The van der Waals surface area contributed by atoms with Crippen LogP contribution in [0.3, 0.4) is 0 Å². The van der Waals surface area contributed by atoms with E-state index in [-0.39, 0.29) is 21.8 Å². The van der Waals surface area contributed by atoms with Gasteiger partial charge < -0.3 is 9.84 Å². The summed E-state index contributed by atoms with van der Waals surface area (Å²) < 4.78 is 4.25. The first-order valence-electron chi connectivity index (χ1n) is 7.68. The van der Waals surface area contributed by atoms with Crippen LogP contribution in [0, 0.1) is 5.92 Å². The number of halogens is 2. The molecular formula is C19H16Br2O4. The van der Waals surface area contributed by atoms with Gasteiger partial charge in [-0.2, -0.15) is 0 Å². The highest BCUT2D eigenvalue weighted by atomic mass is 79.9. The summed E-state index contributed by atoms with van der Waals surface area (Å²) in [5.74, 6) is -0.927. The fraction of sp³-hybridized carbons (Fsp3) is 0.263.